The molecule has 0 aromatic heterocycles. The fourth-order valence-electron chi connectivity index (χ4n) is 9.29. The van der Waals surface area contributed by atoms with Crippen molar-refractivity contribution >= 4 is 0 Å². The van der Waals surface area contributed by atoms with E-state index in [1.807, 2.05) is 0 Å². The van der Waals surface area contributed by atoms with Gasteiger partial charge in [0.15, 0.2) is 0 Å². The van der Waals surface area contributed by atoms with Crippen molar-refractivity contribution in [2.24, 2.45) is 71.0 Å². The molecule has 0 heteroatoms. The van der Waals surface area contributed by atoms with Crippen LogP contribution in [0, 0.1) is 71.0 Å². The third-order valence-electron chi connectivity index (χ3n) is 9.33. The Kier molecular flexibility index (Phi) is 1.53. The van der Waals surface area contributed by atoms with Gasteiger partial charge in [0.2, 0.25) is 0 Å². The smallest absolute Gasteiger partial charge is 0.0194 e. The molecule has 5 saturated carbocycles. The highest BCUT2D eigenvalue weighted by atomic mass is 14.7. The minimum atomic E-state index is 1.00. The third-order valence-corrected chi connectivity index (χ3v) is 9.33. The molecule has 0 aromatic carbocycles. The third kappa shape index (κ3) is 0.879. The zero-order chi connectivity index (χ0) is 12.6. The second-order valence-corrected chi connectivity index (χ2v) is 9.33. The SMILES string of the molecule is C1=CC2CC1C1CC3C4CC(C5C6C=CC(C6)C45)C3C21. The summed E-state index contributed by atoms with van der Waals surface area (Å²) in [6.07, 6.45) is 16.8. The van der Waals surface area contributed by atoms with Gasteiger partial charge in [-0.1, -0.05) is 24.3 Å². The van der Waals surface area contributed by atoms with Gasteiger partial charge in [-0.2, -0.15) is 0 Å². The van der Waals surface area contributed by atoms with E-state index >= 15 is 0 Å². The van der Waals surface area contributed by atoms with Gasteiger partial charge in [-0.25, -0.2) is 0 Å². The zero-order valence-electron chi connectivity index (χ0n) is 12.1. The lowest BCUT2D eigenvalue weighted by atomic mass is 9.63. The van der Waals surface area contributed by atoms with Crippen molar-refractivity contribution in [3.8, 4) is 0 Å². The maximum absolute atomic E-state index is 2.62. The number of hydrogen-bond acceptors (Lipinski definition) is 0. The van der Waals surface area contributed by atoms with Gasteiger partial charge < -0.3 is 0 Å². The molecule has 0 amide bonds. The van der Waals surface area contributed by atoms with Crippen molar-refractivity contribution in [2.75, 3.05) is 0 Å². The van der Waals surface area contributed by atoms with E-state index in [1.54, 1.807) is 19.3 Å². The maximum atomic E-state index is 2.62. The largest absolute Gasteiger partial charge is 0.0848 e. The van der Waals surface area contributed by atoms with Crippen LogP contribution in [0.1, 0.15) is 25.7 Å². The van der Waals surface area contributed by atoms with E-state index < -0.39 is 0 Å². The Balaban J connectivity index is 1.34. The highest BCUT2D eigenvalue weighted by Gasteiger charge is 2.70. The molecule has 0 spiro atoms. The Morgan fingerprint density at radius 2 is 0.900 bits per heavy atom. The molecule has 104 valence electrons. The van der Waals surface area contributed by atoms with E-state index in [1.165, 1.54) is 12.3 Å². The van der Waals surface area contributed by atoms with Crippen molar-refractivity contribution in [2.45, 2.75) is 25.7 Å². The molecular formula is C20H24. The standard InChI is InChI=1S/C20H24/c1-2-10-5-9(1)13-7-15-14-8-16(20(15)17(10)13)19-12-4-3-11(6-12)18(14)19/h1-4,9-20H,5-8H2. The second-order valence-electron chi connectivity index (χ2n) is 9.33. The summed E-state index contributed by atoms with van der Waals surface area (Å²) in [5.41, 5.74) is 0. The predicted molar refractivity (Wildman–Crippen MR) is 78.6 cm³/mol. The molecule has 6 bridgehead atoms. The average molecular weight is 264 g/mol. The summed E-state index contributed by atoms with van der Waals surface area (Å²) in [5.74, 6) is 13.2. The van der Waals surface area contributed by atoms with Gasteiger partial charge in [0.1, 0.15) is 0 Å². The van der Waals surface area contributed by atoms with Crippen LogP contribution < -0.4 is 0 Å². The number of rotatable bonds is 0. The topological polar surface area (TPSA) is 0 Å². The lowest BCUT2D eigenvalue weighted by Crippen LogP contribution is -2.37. The molecule has 0 heterocycles. The van der Waals surface area contributed by atoms with E-state index in [9.17, 15) is 0 Å². The summed E-state index contributed by atoms with van der Waals surface area (Å²) in [6, 6.07) is 0. The average Bonchev–Trinajstić information content (AvgIpc) is 3.22. The fourth-order valence-corrected chi connectivity index (χ4v) is 9.29. The molecule has 12 unspecified atom stereocenters. The molecule has 0 nitrogen and oxygen atoms in total. The van der Waals surface area contributed by atoms with E-state index in [-0.39, 0.29) is 0 Å². The van der Waals surface area contributed by atoms with E-state index in [0.29, 0.717) is 0 Å². The van der Waals surface area contributed by atoms with Crippen LogP contribution in [0.15, 0.2) is 24.3 Å². The van der Waals surface area contributed by atoms with Crippen LogP contribution in [0.25, 0.3) is 0 Å². The van der Waals surface area contributed by atoms with Crippen molar-refractivity contribution < 1.29 is 0 Å². The summed E-state index contributed by atoms with van der Waals surface area (Å²) < 4.78 is 0. The molecule has 0 radical (unpaired) electrons. The van der Waals surface area contributed by atoms with Crippen LogP contribution >= 0.6 is 0 Å². The molecule has 0 aliphatic heterocycles. The summed E-state index contributed by atoms with van der Waals surface area (Å²) in [7, 11) is 0. The molecule has 7 aliphatic rings. The number of hydrogen-bond donors (Lipinski definition) is 0. The molecule has 0 N–H and O–H groups in total. The van der Waals surface area contributed by atoms with Crippen LogP contribution in [0.3, 0.4) is 0 Å². The normalized spacial score (nSPS) is 72.8. The van der Waals surface area contributed by atoms with Crippen molar-refractivity contribution in [1.29, 1.82) is 0 Å². The summed E-state index contributed by atoms with van der Waals surface area (Å²) >= 11 is 0. The highest BCUT2D eigenvalue weighted by Crippen LogP contribution is 2.76. The molecule has 0 saturated heterocycles. The molecule has 20 heavy (non-hydrogen) atoms. The minimum absolute atomic E-state index is 1.00. The van der Waals surface area contributed by atoms with Gasteiger partial charge in [0.25, 0.3) is 0 Å². The van der Waals surface area contributed by atoms with Crippen LogP contribution in [0.4, 0.5) is 0 Å². The van der Waals surface area contributed by atoms with Crippen LogP contribution in [0.2, 0.25) is 0 Å². The van der Waals surface area contributed by atoms with Gasteiger partial charge in [-0.05, 0) is 96.7 Å². The van der Waals surface area contributed by atoms with E-state index in [2.05, 4.69) is 24.3 Å². The first kappa shape index (κ1) is 10.2. The summed E-state index contributed by atoms with van der Waals surface area (Å²) in [5, 5.41) is 0. The van der Waals surface area contributed by atoms with Crippen LogP contribution in [0.5, 0.6) is 0 Å². The first-order chi connectivity index (χ1) is 9.90. The van der Waals surface area contributed by atoms with Gasteiger partial charge >= 0.3 is 0 Å². The molecule has 7 rings (SSSR count). The Morgan fingerprint density at radius 3 is 1.70 bits per heavy atom. The van der Waals surface area contributed by atoms with Gasteiger partial charge in [-0.3, -0.25) is 0 Å². The minimum Gasteiger partial charge on any atom is -0.0848 e. The highest BCUT2D eigenvalue weighted by molar-refractivity contribution is 5.27. The Bertz CT molecular complexity index is 556. The molecule has 0 aromatic rings. The van der Waals surface area contributed by atoms with Gasteiger partial charge in [0, 0.05) is 0 Å². The quantitative estimate of drug-likeness (QED) is 0.455. The Hall–Kier alpha value is -0.520. The first-order valence-electron chi connectivity index (χ1n) is 9.27. The fraction of sp³-hybridized carbons (Fsp3) is 0.800. The number of allylic oxidation sites excluding steroid dienone is 4. The van der Waals surface area contributed by atoms with Crippen molar-refractivity contribution in [1.82, 2.24) is 0 Å². The lowest BCUT2D eigenvalue weighted by Gasteiger charge is -2.41. The van der Waals surface area contributed by atoms with Crippen LogP contribution in [-0.2, 0) is 0 Å². The Labute approximate surface area is 121 Å². The van der Waals surface area contributed by atoms with Crippen LogP contribution in [-0.4, -0.2) is 0 Å². The summed E-state index contributed by atoms with van der Waals surface area (Å²) in [6.45, 7) is 0. The van der Waals surface area contributed by atoms with E-state index in [4.69, 9.17) is 0 Å². The molecule has 5 fully saturated rings. The zero-order valence-corrected chi connectivity index (χ0v) is 12.1. The van der Waals surface area contributed by atoms with Crippen molar-refractivity contribution in [3.63, 3.8) is 0 Å². The van der Waals surface area contributed by atoms with E-state index in [0.717, 1.165) is 65.1 Å². The molecule has 12 atom stereocenters. The Morgan fingerprint density at radius 1 is 0.400 bits per heavy atom. The van der Waals surface area contributed by atoms with Crippen molar-refractivity contribution in [3.05, 3.63) is 24.3 Å². The predicted octanol–water partition coefficient (Wildman–Crippen LogP) is 4.15. The molecular weight excluding hydrogens is 240 g/mol. The lowest BCUT2D eigenvalue weighted by molar-refractivity contribution is 0.0777. The van der Waals surface area contributed by atoms with Gasteiger partial charge in [0.05, 0.1) is 0 Å². The second kappa shape index (κ2) is 2.99. The number of fused-ring (bicyclic) bond motifs is 18. The maximum Gasteiger partial charge on any atom is -0.0194 e. The van der Waals surface area contributed by atoms with Gasteiger partial charge in [-0.15, -0.1) is 0 Å². The monoisotopic (exact) mass is 264 g/mol. The molecule has 7 aliphatic carbocycles. The first-order valence-corrected chi connectivity index (χ1v) is 9.27. The summed E-state index contributed by atoms with van der Waals surface area (Å²) in [4.78, 5) is 0.